The van der Waals surface area contributed by atoms with E-state index in [0.29, 0.717) is 26.1 Å². The van der Waals surface area contributed by atoms with Crippen LogP contribution in [0.3, 0.4) is 0 Å². The number of carbonyl (C=O) groups is 1. The molecule has 0 aliphatic heterocycles. The Labute approximate surface area is 98.0 Å². The zero-order chi connectivity index (χ0) is 12.6. The molecule has 0 radical (unpaired) electrons. The van der Waals surface area contributed by atoms with E-state index < -0.39 is 6.17 Å². The largest absolute Gasteiger partial charge is 0.464 e. The molecule has 0 aromatic heterocycles. The number of carbonyl (C=O) groups excluding carboxylic acids is 1. The van der Waals surface area contributed by atoms with Crippen LogP contribution >= 0.6 is 0 Å². The first-order valence-electron chi connectivity index (χ1n) is 6.01. The second-order valence-electron chi connectivity index (χ2n) is 4.34. The number of esters is 1. The molecular weight excluding hydrogens is 209 g/mol. The van der Waals surface area contributed by atoms with Gasteiger partial charge in [0.05, 0.1) is 0 Å². The molecule has 0 aliphatic rings. The predicted octanol–water partition coefficient (Wildman–Crippen LogP) is 2.40. The van der Waals surface area contributed by atoms with Gasteiger partial charge in [0.2, 0.25) is 0 Å². The monoisotopic (exact) mass is 233 g/mol. The molecule has 0 bridgehead atoms. The summed E-state index contributed by atoms with van der Waals surface area (Å²) in [5, 5.41) is 0. The van der Waals surface area contributed by atoms with Crippen molar-refractivity contribution in [1.29, 1.82) is 0 Å². The van der Waals surface area contributed by atoms with Crippen molar-refractivity contribution in [2.24, 2.45) is 0 Å². The molecule has 0 heterocycles. The molecule has 0 saturated heterocycles. The lowest BCUT2D eigenvalue weighted by Crippen LogP contribution is -2.38. The third kappa shape index (κ3) is 7.63. The summed E-state index contributed by atoms with van der Waals surface area (Å²) in [6.45, 7) is 8.84. The maximum atomic E-state index is 12.9. The van der Waals surface area contributed by atoms with E-state index in [1.807, 2.05) is 25.7 Å². The van der Waals surface area contributed by atoms with Gasteiger partial charge in [0, 0.05) is 25.6 Å². The Bertz CT molecular complexity index is 195. The fourth-order valence-electron chi connectivity index (χ4n) is 1.44. The molecule has 0 aliphatic carbocycles. The number of alkyl halides is 1. The van der Waals surface area contributed by atoms with Crippen LogP contribution in [0.25, 0.3) is 0 Å². The molecule has 0 spiro atoms. The summed E-state index contributed by atoms with van der Waals surface area (Å²) in [6.07, 6.45) is 0.406. The fraction of sp³-hybridized carbons (Fsp3) is 0.917. The van der Waals surface area contributed by atoms with Crippen LogP contribution < -0.4 is 0 Å². The molecule has 0 N–H and O–H groups in total. The number of rotatable bonds is 8. The molecular formula is C12H24FNO2. The van der Waals surface area contributed by atoms with Crippen molar-refractivity contribution in [3.05, 3.63) is 0 Å². The van der Waals surface area contributed by atoms with Crippen LogP contribution in [0.15, 0.2) is 0 Å². The first-order chi connectivity index (χ1) is 7.47. The number of ether oxygens (including phenoxy) is 1. The highest BCUT2D eigenvalue weighted by Crippen LogP contribution is 2.02. The lowest BCUT2D eigenvalue weighted by Gasteiger charge is -2.26. The Hall–Kier alpha value is -0.640. The van der Waals surface area contributed by atoms with E-state index in [-0.39, 0.29) is 12.0 Å². The molecule has 0 saturated carbocycles. The third-order valence-corrected chi connectivity index (χ3v) is 2.31. The Morgan fingerprint density at radius 2 is 2.00 bits per heavy atom. The van der Waals surface area contributed by atoms with Crippen molar-refractivity contribution in [3.63, 3.8) is 0 Å². The van der Waals surface area contributed by atoms with E-state index in [9.17, 15) is 9.18 Å². The van der Waals surface area contributed by atoms with Gasteiger partial charge in [0.25, 0.3) is 0 Å². The Morgan fingerprint density at radius 3 is 2.44 bits per heavy atom. The molecule has 0 aromatic carbocycles. The van der Waals surface area contributed by atoms with Gasteiger partial charge in [-0.3, -0.25) is 9.69 Å². The Balaban J connectivity index is 3.80. The van der Waals surface area contributed by atoms with E-state index in [2.05, 4.69) is 0 Å². The van der Waals surface area contributed by atoms with Crippen LogP contribution in [-0.2, 0) is 9.53 Å². The molecule has 96 valence electrons. The smallest absolute Gasteiger partial charge is 0.305 e. The number of hydrogen-bond acceptors (Lipinski definition) is 3. The summed E-state index contributed by atoms with van der Waals surface area (Å²) in [4.78, 5) is 13.1. The minimum atomic E-state index is -0.853. The van der Waals surface area contributed by atoms with Crippen molar-refractivity contribution in [2.75, 3.05) is 19.7 Å². The topological polar surface area (TPSA) is 29.5 Å². The van der Waals surface area contributed by atoms with Crippen LogP contribution in [0.1, 0.15) is 40.5 Å². The minimum absolute atomic E-state index is 0.167. The number of nitrogens with zero attached hydrogens (tertiary/aromatic N) is 1. The number of hydrogen-bond donors (Lipinski definition) is 0. The molecule has 0 fully saturated rings. The van der Waals surface area contributed by atoms with Gasteiger partial charge >= 0.3 is 5.97 Å². The maximum Gasteiger partial charge on any atom is 0.305 e. The summed E-state index contributed by atoms with van der Waals surface area (Å²) in [6, 6.07) is 0.267. The average Bonchev–Trinajstić information content (AvgIpc) is 2.15. The molecule has 16 heavy (non-hydrogen) atoms. The molecule has 0 amide bonds. The van der Waals surface area contributed by atoms with Crippen molar-refractivity contribution >= 4 is 5.97 Å². The third-order valence-electron chi connectivity index (χ3n) is 2.31. The van der Waals surface area contributed by atoms with Gasteiger partial charge in [-0.1, -0.05) is 6.92 Å². The molecule has 1 atom stereocenters. The average molecular weight is 233 g/mol. The summed E-state index contributed by atoms with van der Waals surface area (Å²) < 4.78 is 17.9. The maximum absolute atomic E-state index is 12.9. The van der Waals surface area contributed by atoms with Gasteiger partial charge in [-0.15, -0.1) is 0 Å². The van der Waals surface area contributed by atoms with Crippen molar-refractivity contribution in [2.45, 2.75) is 52.8 Å². The Morgan fingerprint density at radius 1 is 1.38 bits per heavy atom. The van der Waals surface area contributed by atoms with Crippen molar-refractivity contribution in [1.82, 2.24) is 4.90 Å². The molecule has 0 aromatic rings. The highest BCUT2D eigenvalue weighted by atomic mass is 19.1. The summed E-state index contributed by atoms with van der Waals surface area (Å²) in [5.41, 5.74) is 0. The van der Waals surface area contributed by atoms with E-state index >= 15 is 0 Å². The lowest BCUT2D eigenvalue weighted by molar-refractivity contribution is -0.144. The van der Waals surface area contributed by atoms with Crippen LogP contribution in [0.5, 0.6) is 0 Å². The standard InChI is InChI=1S/C12H24FNO2/c1-5-6-12(15)16-8-7-14(10(2)3)9-11(4)13/h10-11H,5-9H2,1-4H3. The second-order valence-corrected chi connectivity index (χ2v) is 4.34. The summed E-state index contributed by atoms with van der Waals surface area (Å²) in [7, 11) is 0. The minimum Gasteiger partial charge on any atom is -0.464 e. The van der Waals surface area contributed by atoms with Gasteiger partial charge in [-0.25, -0.2) is 4.39 Å². The van der Waals surface area contributed by atoms with Crippen LogP contribution in [0, 0.1) is 0 Å². The van der Waals surface area contributed by atoms with E-state index in [0.717, 1.165) is 6.42 Å². The normalized spacial score (nSPS) is 13.2. The van der Waals surface area contributed by atoms with Crippen LogP contribution in [0.4, 0.5) is 4.39 Å². The molecule has 0 rings (SSSR count). The fourth-order valence-corrected chi connectivity index (χ4v) is 1.44. The van der Waals surface area contributed by atoms with Gasteiger partial charge in [-0.05, 0) is 27.2 Å². The van der Waals surface area contributed by atoms with Gasteiger partial charge < -0.3 is 4.74 Å². The quantitative estimate of drug-likeness (QED) is 0.603. The van der Waals surface area contributed by atoms with Gasteiger partial charge in [0.15, 0.2) is 0 Å². The summed E-state index contributed by atoms with van der Waals surface area (Å²) >= 11 is 0. The summed E-state index contributed by atoms with van der Waals surface area (Å²) in [5.74, 6) is -0.167. The first-order valence-corrected chi connectivity index (χ1v) is 6.01. The first kappa shape index (κ1) is 15.4. The highest BCUT2D eigenvalue weighted by molar-refractivity contribution is 5.69. The molecule has 4 heteroatoms. The van der Waals surface area contributed by atoms with E-state index in [1.54, 1.807) is 6.92 Å². The highest BCUT2D eigenvalue weighted by Gasteiger charge is 2.13. The lowest BCUT2D eigenvalue weighted by atomic mass is 10.3. The molecule has 3 nitrogen and oxygen atoms in total. The van der Waals surface area contributed by atoms with E-state index in [4.69, 9.17) is 4.74 Å². The predicted molar refractivity (Wildman–Crippen MR) is 63.1 cm³/mol. The zero-order valence-corrected chi connectivity index (χ0v) is 10.8. The van der Waals surface area contributed by atoms with Gasteiger partial charge in [0.1, 0.15) is 12.8 Å². The van der Waals surface area contributed by atoms with Gasteiger partial charge in [-0.2, -0.15) is 0 Å². The molecule has 1 unspecified atom stereocenters. The van der Waals surface area contributed by atoms with Crippen LogP contribution in [0.2, 0.25) is 0 Å². The number of halogens is 1. The van der Waals surface area contributed by atoms with Crippen molar-refractivity contribution in [3.8, 4) is 0 Å². The van der Waals surface area contributed by atoms with Crippen LogP contribution in [-0.4, -0.2) is 42.8 Å². The zero-order valence-electron chi connectivity index (χ0n) is 10.8. The Kier molecular flexibility index (Phi) is 8.16. The van der Waals surface area contributed by atoms with E-state index in [1.165, 1.54) is 0 Å². The second kappa shape index (κ2) is 8.50. The SMILES string of the molecule is CCCC(=O)OCCN(CC(C)F)C(C)C. The van der Waals surface area contributed by atoms with Crippen molar-refractivity contribution < 1.29 is 13.9 Å².